The molecule has 24 heavy (non-hydrogen) atoms. The van der Waals surface area contributed by atoms with E-state index in [0.717, 1.165) is 26.1 Å². The molecule has 2 aliphatic heterocycles. The number of hydrazone groups is 1. The number of anilines is 2. The molecule has 2 aromatic rings. The van der Waals surface area contributed by atoms with Crippen LogP contribution in [0.3, 0.4) is 0 Å². The largest absolute Gasteiger partial charge is 0.341 e. The number of hydrogen-bond acceptors (Lipinski definition) is 5. The van der Waals surface area contributed by atoms with Gasteiger partial charge in [-0.15, -0.1) is 9.52 Å². The Balaban J connectivity index is 1.63. The van der Waals surface area contributed by atoms with Crippen LogP contribution in [-0.4, -0.2) is 24.7 Å². The molecule has 1 N–H and O–H groups in total. The number of aryl methyl sites for hydroxylation is 2. The molecule has 2 aliphatic rings. The zero-order chi connectivity index (χ0) is 16.9. The summed E-state index contributed by atoms with van der Waals surface area (Å²) in [7, 11) is -3.80. The van der Waals surface area contributed by atoms with Crippen molar-refractivity contribution in [3.63, 3.8) is 0 Å². The summed E-state index contributed by atoms with van der Waals surface area (Å²) in [5.41, 5.74) is 2.98. The second-order valence-electron chi connectivity index (χ2n) is 5.75. The van der Waals surface area contributed by atoms with Crippen molar-refractivity contribution in [1.82, 2.24) is 4.41 Å². The van der Waals surface area contributed by atoms with Crippen molar-refractivity contribution in [2.45, 2.75) is 24.2 Å². The Bertz CT molecular complexity index is 943. The van der Waals surface area contributed by atoms with E-state index in [1.165, 1.54) is 11.8 Å². The smallest absolute Gasteiger partial charge is 0.297 e. The molecule has 0 saturated carbocycles. The quantitative estimate of drug-likeness (QED) is 0.913. The molecule has 0 radical (unpaired) electrons. The maximum atomic E-state index is 12.8. The van der Waals surface area contributed by atoms with E-state index in [0.29, 0.717) is 5.69 Å². The van der Waals surface area contributed by atoms with E-state index in [1.807, 2.05) is 61.2 Å². The third-order valence-electron chi connectivity index (χ3n) is 3.97. The average Bonchev–Trinajstić information content (AvgIpc) is 3.09. The number of nitrogens with zero attached hydrogens (tertiary/aromatic N) is 3. The third kappa shape index (κ3) is 2.42. The van der Waals surface area contributed by atoms with Crippen LogP contribution in [0.25, 0.3) is 0 Å². The van der Waals surface area contributed by atoms with Gasteiger partial charge in [0.25, 0.3) is 0 Å². The summed E-state index contributed by atoms with van der Waals surface area (Å²) < 4.78 is 29.4. The molecule has 0 aromatic heterocycles. The first-order valence-corrected chi connectivity index (χ1v) is 9.75. The Morgan fingerprint density at radius 2 is 1.96 bits per heavy atom. The lowest BCUT2D eigenvalue weighted by Gasteiger charge is -2.24. The Kier molecular flexibility index (Phi) is 3.47. The fourth-order valence-corrected chi connectivity index (χ4v) is 5.38. The van der Waals surface area contributed by atoms with E-state index >= 15 is 0 Å². The fourth-order valence-electron chi connectivity index (χ4n) is 2.71. The van der Waals surface area contributed by atoms with Gasteiger partial charge in [-0.3, -0.25) is 9.62 Å². The minimum absolute atomic E-state index is 0.426. The number of hydrogen-bond donors (Lipinski definition) is 1. The summed E-state index contributed by atoms with van der Waals surface area (Å²) in [6.07, 6.45) is 1.56. The number of rotatable bonds is 3. The Morgan fingerprint density at radius 3 is 2.79 bits per heavy atom. The molecule has 0 saturated heterocycles. The second-order valence-corrected chi connectivity index (χ2v) is 8.37. The first-order chi connectivity index (χ1) is 11.5. The normalized spacial score (nSPS) is 18.7. The van der Waals surface area contributed by atoms with Crippen LogP contribution in [-0.2, 0) is 10.2 Å². The molecule has 0 aliphatic carbocycles. The number of nitrogens with one attached hydrogen (secondary N) is 1. The molecule has 2 aromatic carbocycles. The summed E-state index contributed by atoms with van der Waals surface area (Å²) in [6, 6.07) is 13.5. The van der Waals surface area contributed by atoms with Gasteiger partial charge in [-0.1, -0.05) is 36.0 Å². The SMILES string of the molecule is Cc1ccc(C)c(NS(=O)(=O)N2N=CN3c4ccccc4SC32)c1. The Labute approximate surface area is 145 Å². The van der Waals surface area contributed by atoms with Crippen LogP contribution in [0.4, 0.5) is 11.4 Å². The van der Waals surface area contributed by atoms with Crippen LogP contribution in [0.5, 0.6) is 0 Å². The minimum atomic E-state index is -3.80. The molecular weight excluding hydrogens is 344 g/mol. The van der Waals surface area contributed by atoms with Crippen LogP contribution in [0.15, 0.2) is 52.5 Å². The van der Waals surface area contributed by atoms with Crippen molar-refractivity contribution in [3.05, 3.63) is 53.6 Å². The van der Waals surface area contributed by atoms with Gasteiger partial charge in [0.15, 0.2) is 5.50 Å². The fraction of sp³-hybridized carbons (Fsp3) is 0.188. The lowest BCUT2D eigenvalue weighted by Crippen LogP contribution is -2.40. The number of fused-ring (bicyclic) bond motifs is 3. The maximum absolute atomic E-state index is 12.8. The van der Waals surface area contributed by atoms with Crippen LogP contribution in [0, 0.1) is 13.8 Å². The van der Waals surface area contributed by atoms with E-state index < -0.39 is 15.7 Å². The molecule has 6 nitrogen and oxygen atoms in total. The van der Waals surface area contributed by atoms with Crippen LogP contribution >= 0.6 is 11.8 Å². The van der Waals surface area contributed by atoms with Gasteiger partial charge in [0.05, 0.1) is 11.4 Å². The molecule has 8 heteroatoms. The minimum Gasteiger partial charge on any atom is -0.297 e. The van der Waals surface area contributed by atoms with Gasteiger partial charge in [-0.05, 0) is 43.2 Å². The summed E-state index contributed by atoms with van der Waals surface area (Å²) in [4.78, 5) is 2.91. The van der Waals surface area contributed by atoms with Gasteiger partial charge in [-0.2, -0.15) is 8.42 Å². The van der Waals surface area contributed by atoms with Gasteiger partial charge in [0.1, 0.15) is 6.34 Å². The van der Waals surface area contributed by atoms with Gasteiger partial charge in [0.2, 0.25) is 0 Å². The molecular formula is C16H16N4O2S2. The average molecular weight is 360 g/mol. The first-order valence-electron chi connectivity index (χ1n) is 7.43. The molecule has 2 heterocycles. The van der Waals surface area contributed by atoms with Crippen molar-refractivity contribution in [3.8, 4) is 0 Å². The van der Waals surface area contributed by atoms with Gasteiger partial charge < -0.3 is 0 Å². The van der Waals surface area contributed by atoms with Crippen molar-refractivity contribution >= 4 is 39.7 Å². The molecule has 0 fully saturated rings. The zero-order valence-electron chi connectivity index (χ0n) is 13.2. The Morgan fingerprint density at radius 1 is 1.17 bits per heavy atom. The summed E-state index contributed by atoms with van der Waals surface area (Å²) in [5, 5.41) is 4.10. The lowest BCUT2D eigenvalue weighted by atomic mass is 10.1. The highest BCUT2D eigenvalue weighted by Gasteiger charge is 2.43. The van der Waals surface area contributed by atoms with Crippen molar-refractivity contribution in [1.29, 1.82) is 0 Å². The zero-order valence-corrected chi connectivity index (χ0v) is 14.8. The highest BCUT2D eigenvalue weighted by molar-refractivity contribution is 8.01. The monoisotopic (exact) mass is 360 g/mol. The standard InChI is InChI=1S/C16H16N4O2S2/c1-11-7-8-12(2)13(9-11)18-24(21,22)20-16-19(10-17-20)14-5-3-4-6-15(14)23-16/h3-10,16,18H,1-2H3. The van der Waals surface area contributed by atoms with E-state index in [1.54, 1.807) is 6.34 Å². The van der Waals surface area contributed by atoms with Crippen molar-refractivity contribution < 1.29 is 8.42 Å². The first kappa shape index (κ1) is 15.3. The number of thioether (sulfide) groups is 1. The van der Waals surface area contributed by atoms with Gasteiger partial charge in [0, 0.05) is 4.90 Å². The molecule has 0 amide bonds. The summed E-state index contributed by atoms with van der Waals surface area (Å²) >= 11 is 1.47. The third-order valence-corrected chi connectivity index (χ3v) is 6.61. The molecule has 124 valence electrons. The lowest BCUT2D eigenvalue weighted by molar-refractivity contribution is 0.446. The van der Waals surface area contributed by atoms with Crippen LogP contribution in [0.1, 0.15) is 11.1 Å². The highest BCUT2D eigenvalue weighted by Crippen LogP contribution is 2.46. The van der Waals surface area contributed by atoms with Crippen molar-refractivity contribution in [2.75, 3.05) is 9.62 Å². The predicted octanol–water partition coefficient (Wildman–Crippen LogP) is 3.11. The molecule has 4 rings (SSSR count). The van der Waals surface area contributed by atoms with Gasteiger partial charge in [-0.25, -0.2) is 0 Å². The number of para-hydroxylation sites is 1. The van der Waals surface area contributed by atoms with E-state index in [9.17, 15) is 8.42 Å². The molecule has 0 bridgehead atoms. The highest BCUT2D eigenvalue weighted by atomic mass is 32.2. The second kappa shape index (κ2) is 5.42. The van der Waals surface area contributed by atoms with E-state index in [4.69, 9.17) is 0 Å². The van der Waals surface area contributed by atoms with Gasteiger partial charge >= 0.3 is 10.2 Å². The Hall–Kier alpha value is -2.19. The van der Waals surface area contributed by atoms with Crippen LogP contribution in [0.2, 0.25) is 0 Å². The van der Waals surface area contributed by atoms with Crippen molar-refractivity contribution in [2.24, 2.45) is 5.10 Å². The maximum Gasteiger partial charge on any atom is 0.341 e. The topological polar surface area (TPSA) is 65.0 Å². The van der Waals surface area contributed by atoms with E-state index in [-0.39, 0.29) is 0 Å². The molecule has 1 unspecified atom stereocenters. The summed E-state index contributed by atoms with van der Waals surface area (Å²) in [5.74, 6) is 0. The molecule has 1 atom stereocenters. The number of benzene rings is 2. The molecule has 0 spiro atoms. The summed E-state index contributed by atoms with van der Waals surface area (Å²) in [6.45, 7) is 3.80. The van der Waals surface area contributed by atoms with Crippen LogP contribution < -0.4 is 9.62 Å². The van der Waals surface area contributed by atoms with E-state index in [2.05, 4.69) is 9.82 Å². The predicted molar refractivity (Wildman–Crippen MR) is 97.4 cm³/mol.